The molecule has 2 aromatic carbocycles. The number of aromatic nitrogens is 3. The molecule has 0 unspecified atom stereocenters. The molecule has 0 amide bonds. The van der Waals surface area contributed by atoms with Crippen molar-refractivity contribution in [3.05, 3.63) is 92.2 Å². The summed E-state index contributed by atoms with van der Waals surface area (Å²) in [7, 11) is 0. The van der Waals surface area contributed by atoms with Gasteiger partial charge in [-0.25, -0.2) is 9.97 Å². The first-order chi connectivity index (χ1) is 14.7. The monoisotopic (exact) mass is 414 g/mol. The number of aromatic amines is 1. The third-order valence-electron chi connectivity index (χ3n) is 5.41. The second-order valence-corrected chi connectivity index (χ2v) is 8.82. The van der Waals surface area contributed by atoms with Crippen molar-refractivity contribution >= 4 is 11.3 Å². The summed E-state index contributed by atoms with van der Waals surface area (Å²) in [6.45, 7) is 4.32. The zero-order valence-corrected chi connectivity index (χ0v) is 17.6. The van der Waals surface area contributed by atoms with E-state index >= 15 is 0 Å². The Morgan fingerprint density at radius 2 is 1.70 bits per heavy atom. The van der Waals surface area contributed by atoms with E-state index < -0.39 is 0 Å². The number of benzene rings is 2. The van der Waals surface area contributed by atoms with Crippen LogP contribution in [-0.2, 0) is 19.5 Å². The number of aryl methyl sites for hydroxylation is 1. The van der Waals surface area contributed by atoms with Gasteiger partial charge in [0.15, 0.2) is 0 Å². The molecule has 30 heavy (non-hydrogen) atoms. The average Bonchev–Trinajstić information content (AvgIpc) is 3.15. The van der Waals surface area contributed by atoms with Gasteiger partial charge in [0.25, 0.3) is 5.56 Å². The highest BCUT2D eigenvalue weighted by Gasteiger charge is 2.23. The molecule has 0 saturated heterocycles. The Morgan fingerprint density at radius 1 is 1.00 bits per heavy atom. The van der Waals surface area contributed by atoms with Gasteiger partial charge in [-0.3, -0.25) is 9.69 Å². The van der Waals surface area contributed by atoms with Crippen molar-refractivity contribution in [2.45, 2.75) is 26.4 Å². The van der Waals surface area contributed by atoms with Crippen LogP contribution in [0.3, 0.4) is 0 Å². The lowest BCUT2D eigenvalue weighted by Gasteiger charge is -2.27. The third-order valence-corrected chi connectivity index (χ3v) is 6.37. The zero-order valence-electron chi connectivity index (χ0n) is 16.8. The second kappa shape index (κ2) is 7.97. The van der Waals surface area contributed by atoms with E-state index in [4.69, 9.17) is 9.97 Å². The van der Waals surface area contributed by atoms with Gasteiger partial charge >= 0.3 is 0 Å². The molecule has 0 radical (unpaired) electrons. The Labute approximate surface area is 179 Å². The van der Waals surface area contributed by atoms with Gasteiger partial charge in [0, 0.05) is 42.1 Å². The highest BCUT2D eigenvalue weighted by atomic mass is 32.1. The number of thiazole rings is 1. The molecule has 4 aromatic rings. The Bertz CT molecular complexity index is 1230. The molecule has 1 N–H and O–H groups in total. The van der Waals surface area contributed by atoms with Gasteiger partial charge in [0.1, 0.15) is 5.82 Å². The van der Waals surface area contributed by atoms with Crippen LogP contribution in [0.15, 0.2) is 65.5 Å². The van der Waals surface area contributed by atoms with Crippen molar-refractivity contribution in [1.29, 1.82) is 0 Å². The van der Waals surface area contributed by atoms with E-state index in [1.165, 1.54) is 4.88 Å². The molecular formula is C24H22N4OS. The lowest BCUT2D eigenvalue weighted by atomic mass is 10.1. The highest BCUT2D eigenvalue weighted by molar-refractivity contribution is 7.12. The zero-order chi connectivity index (χ0) is 20.5. The van der Waals surface area contributed by atoms with Gasteiger partial charge in [0.2, 0.25) is 0 Å². The van der Waals surface area contributed by atoms with Crippen LogP contribution in [0.1, 0.15) is 21.1 Å². The van der Waals surface area contributed by atoms with E-state index in [1.54, 1.807) is 11.3 Å². The molecule has 0 spiro atoms. The van der Waals surface area contributed by atoms with Crippen molar-refractivity contribution < 1.29 is 0 Å². The fourth-order valence-electron chi connectivity index (χ4n) is 3.95. The number of hydrogen-bond donors (Lipinski definition) is 1. The van der Waals surface area contributed by atoms with Crippen molar-refractivity contribution in [3.8, 4) is 22.6 Å². The van der Waals surface area contributed by atoms with Gasteiger partial charge in [-0.1, -0.05) is 60.7 Å². The minimum atomic E-state index is -0.0349. The van der Waals surface area contributed by atoms with Gasteiger partial charge in [0.05, 0.1) is 22.0 Å². The van der Waals surface area contributed by atoms with Gasteiger partial charge in [-0.05, 0) is 6.92 Å². The molecular weight excluding hydrogens is 392 g/mol. The second-order valence-electron chi connectivity index (χ2n) is 7.54. The lowest BCUT2D eigenvalue weighted by Crippen LogP contribution is -2.35. The molecule has 0 atom stereocenters. The molecule has 1 aliphatic heterocycles. The molecule has 1 aliphatic rings. The van der Waals surface area contributed by atoms with Crippen LogP contribution in [0, 0.1) is 6.92 Å². The first-order valence-electron chi connectivity index (χ1n) is 10.1. The Hall–Kier alpha value is -3.09. The van der Waals surface area contributed by atoms with Crippen molar-refractivity contribution in [1.82, 2.24) is 19.9 Å². The van der Waals surface area contributed by atoms with Crippen LogP contribution in [0.2, 0.25) is 0 Å². The summed E-state index contributed by atoms with van der Waals surface area (Å²) in [5, 5.41) is 1.06. The largest absolute Gasteiger partial charge is 0.306 e. The number of H-pyrrole nitrogens is 1. The summed E-state index contributed by atoms with van der Waals surface area (Å²) in [4.78, 5) is 28.9. The van der Waals surface area contributed by atoms with E-state index in [0.29, 0.717) is 12.4 Å². The molecule has 6 heteroatoms. The van der Waals surface area contributed by atoms with Crippen LogP contribution in [-0.4, -0.2) is 26.4 Å². The third kappa shape index (κ3) is 3.72. The average molecular weight is 415 g/mol. The predicted octanol–water partition coefficient (Wildman–Crippen LogP) is 4.43. The molecule has 150 valence electrons. The van der Waals surface area contributed by atoms with E-state index in [9.17, 15) is 4.79 Å². The number of rotatable bonds is 4. The summed E-state index contributed by atoms with van der Waals surface area (Å²) >= 11 is 1.73. The molecule has 5 rings (SSSR count). The fourth-order valence-corrected chi connectivity index (χ4v) is 4.95. The van der Waals surface area contributed by atoms with E-state index in [-0.39, 0.29) is 5.56 Å². The van der Waals surface area contributed by atoms with Crippen LogP contribution in [0.5, 0.6) is 0 Å². The number of nitrogens with zero attached hydrogens (tertiary/aromatic N) is 3. The molecule has 2 aromatic heterocycles. The van der Waals surface area contributed by atoms with Crippen LogP contribution in [0.25, 0.3) is 22.6 Å². The topological polar surface area (TPSA) is 61.9 Å². The maximum Gasteiger partial charge on any atom is 0.255 e. The first-order valence-corrected chi connectivity index (χ1v) is 10.9. The Kier molecular flexibility index (Phi) is 5.02. The van der Waals surface area contributed by atoms with Crippen LogP contribution < -0.4 is 5.56 Å². The van der Waals surface area contributed by atoms with Crippen molar-refractivity contribution in [3.63, 3.8) is 0 Å². The predicted molar refractivity (Wildman–Crippen MR) is 120 cm³/mol. The molecule has 3 heterocycles. The molecule has 0 aliphatic carbocycles. The smallest absolute Gasteiger partial charge is 0.255 e. The number of hydrogen-bond acceptors (Lipinski definition) is 5. The van der Waals surface area contributed by atoms with Crippen LogP contribution >= 0.6 is 11.3 Å². The SMILES string of the molecule is Cc1nc(-c2ccccc2)c(CN2CCc3nc(-c4ccccc4)[nH]c(=O)c3C2)s1. The Morgan fingerprint density at radius 3 is 2.43 bits per heavy atom. The molecule has 0 bridgehead atoms. The first kappa shape index (κ1) is 18.9. The number of fused-ring (bicyclic) bond motifs is 1. The van der Waals surface area contributed by atoms with Gasteiger partial charge in [-0.2, -0.15) is 0 Å². The number of nitrogens with one attached hydrogen (secondary N) is 1. The minimum absolute atomic E-state index is 0.0349. The van der Waals surface area contributed by atoms with Crippen molar-refractivity contribution in [2.75, 3.05) is 6.54 Å². The normalized spacial score (nSPS) is 13.9. The van der Waals surface area contributed by atoms with Gasteiger partial charge < -0.3 is 4.98 Å². The summed E-state index contributed by atoms with van der Waals surface area (Å²) in [5.74, 6) is 0.650. The fraction of sp³-hybridized carbons (Fsp3) is 0.208. The minimum Gasteiger partial charge on any atom is -0.306 e. The lowest BCUT2D eigenvalue weighted by molar-refractivity contribution is 0.244. The highest BCUT2D eigenvalue weighted by Crippen LogP contribution is 2.30. The Balaban J connectivity index is 1.41. The van der Waals surface area contributed by atoms with Crippen molar-refractivity contribution in [2.24, 2.45) is 0 Å². The van der Waals surface area contributed by atoms with E-state index in [2.05, 4.69) is 22.0 Å². The molecule has 5 nitrogen and oxygen atoms in total. The summed E-state index contributed by atoms with van der Waals surface area (Å²) in [6.07, 6.45) is 0.775. The van der Waals surface area contributed by atoms with Gasteiger partial charge in [-0.15, -0.1) is 11.3 Å². The van der Waals surface area contributed by atoms with E-state index in [0.717, 1.165) is 52.6 Å². The summed E-state index contributed by atoms with van der Waals surface area (Å²) in [6, 6.07) is 20.1. The molecule has 0 saturated carbocycles. The maximum absolute atomic E-state index is 12.8. The summed E-state index contributed by atoms with van der Waals surface area (Å²) in [5.41, 5.74) is 4.79. The quantitative estimate of drug-likeness (QED) is 0.537. The van der Waals surface area contributed by atoms with Crippen LogP contribution in [0.4, 0.5) is 0 Å². The molecule has 0 fully saturated rings. The summed E-state index contributed by atoms with van der Waals surface area (Å²) < 4.78 is 0. The standard InChI is InChI=1S/C24H22N4OS/c1-16-25-22(17-8-4-2-5-9-17)21(30-16)15-28-13-12-20-19(14-28)24(29)27-23(26-20)18-10-6-3-7-11-18/h2-11H,12-15H2,1H3,(H,26,27,29). The maximum atomic E-state index is 12.8. The van der Waals surface area contributed by atoms with E-state index in [1.807, 2.05) is 55.5 Å².